The van der Waals surface area contributed by atoms with E-state index in [0.29, 0.717) is 0 Å². The average Bonchev–Trinajstić information content (AvgIpc) is 2.32. The van der Waals surface area contributed by atoms with E-state index in [1.54, 1.807) is 4.31 Å². The molecule has 0 radical (unpaired) electrons. The molecule has 0 heterocycles. The van der Waals surface area contributed by atoms with Crippen LogP contribution in [0.5, 0.6) is 0 Å². The molecule has 0 fully saturated rings. The Kier molecular flexibility index (Phi) is 4.28. The van der Waals surface area contributed by atoms with Crippen LogP contribution < -0.4 is 4.31 Å². The Balaban J connectivity index is 2.98. The molecule has 0 bridgehead atoms. The molecule has 0 saturated heterocycles. The van der Waals surface area contributed by atoms with Crippen LogP contribution in [0.3, 0.4) is 0 Å². The number of para-hydroxylation sites is 1. The van der Waals surface area contributed by atoms with Gasteiger partial charge in [-0.3, -0.25) is 4.31 Å². The molecule has 0 saturated carbocycles. The van der Waals surface area contributed by atoms with Crippen LogP contribution in [0.4, 0.5) is 5.69 Å². The highest BCUT2D eigenvalue weighted by atomic mass is 32.2. The topological polar surface area (TPSA) is 50.8 Å². The monoisotopic (exact) mass is 215 g/mol. The fourth-order valence-corrected chi connectivity index (χ4v) is 1.55. The molecule has 0 aromatic heterocycles. The van der Waals surface area contributed by atoms with E-state index >= 15 is 0 Å². The quantitative estimate of drug-likeness (QED) is 0.574. The van der Waals surface area contributed by atoms with Gasteiger partial charge in [-0.1, -0.05) is 18.2 Å². The van der Waals surface area contributed by atoms with Crippen molar-refractivity contribution in [2.24, 2.45) is 0 Å². The van der Waals surface area contributed by atoms with Gasteiger partial charge in [-0.2, -0.15) is 10.5 Å². The van der Waals surface area contributed by atoms with Crippen LogP contribution in [0, 0.1) is 22.7 Å². The van der Waals surface area contributed by atoms with Crippen molar-refractivity contribution < 1.29 is 0 Å². The third-order valence-corrected chi connectivity index (χ3v) is 2.40. The summed E-state index contributed by atoms with van der Waals surface area (Å²) in [5.41, 5.74) is 1.03. The lowest BCUT2D eigenvalue weighted by Crippen LogP contribution is -2.04. The number of anilines is 1. The van der Waals surface area contributed by atoms with Crippen molar-refractivity contribution in [2.45, 2.75) is 0 Å². The summed E-state index contributed by atoms with van der Waals surface area (Å²) in [6.45, 7) is 0. The van der Waals surface area contributed by atoms with Gasteiger partial charge in [0.05, 0.1) is 5.69 Å². The molecular weight excluding hydrogens is 206 g/mol. The van der Waals surface area contributed by atoms with Crippen molar-refractivity contribution in [3.8, 4) is 12.1 Å². The first kappa shape index (κ1) is 11.2. The molecule has 0 unspecified atom stereocenters. The summed E-state index contributed by atoms with van der Waals surface area (Å²) in [7, 11) is 0. The van der Waals surface area contributed by atoms with Crippen molar-refractivity contribution >= 4 is 17.6 Å². The SMILES string of the molecule is CSN(C=C(C#N)C#N)c1ccccc1. The van der Waals surface area contributed by atoms with Gasteiger partial charge in [0.25, 0.3) is 0 Å². The average molecular weight is 215 g/mol. The number of benzene rings is 1. The van der Waals surface area contributed by atoms with E-state index in [9.17, 15) is 0 Å². The molecule has 1 aromatic rings. The molecule has 0 aliphatic heterocycles. The highest BCUT2D eigenvalue weighted by Gasteiger charge is 2.02. The Morgan fingerprint density at radius 2 is 1.87 bits per heavy atom. The normalized spacial score (nSPS) is 8.47. The summed E-state index contributed by atoms with van der Waals surface area (Å²) in [4.78, 5) is 0. The van der Waals surface area contributed by atoms with Crippen LogP contribution in [-0.2, 0) is 0 Å². The van der Waals surface area contributed by atoms with Crippen molar-refractivity contribution in [1.82, 2.24) is 0 Å². The van der Waals surface area contributed by atoms with Crippen molar-refractivity contribution in [1.29, 1.82) is 10.5 Å². The van der Waals surface area contributed by atoms with E-state index < -0.39 is 0 Å². The van der Waals surface area contributed by atoms with Gasteiger partial charge in [-0.25, -0.2) is 0 Å². The Labute approximate surface area is 93.4 Å². The highest BCUT2D eigenvalue weighted by molar-refractivity contribution is 8.00. The maximum atomic E-state index is 8.64. The maximum absolute atomic E-state index is 8.64. The lowest BCUT2D eigenvalue weighted by atomic mass is 10.3. The predicted octanol–water partition coefficient (Wildman–Crippen LogP) is 2.70. The third-order valence-electron chi connectivity index (χ3n) is 1.69. The minimum atomic E-state index is 0.0909. The number of hydrogen-bond acceptors (Lipinski definition) is 4. The van der Waals surface area contributed by atoms with Crippen LogP contribution in [0.25, 0.3) is 0 Å². The predicted molar refractivity (Wildman–Crippen MR) is 61.7 cm³/mol. The molecule has 15 heavy (non-hydrogen) atoms. The second kappa shape index (κ2) is 5.74. The number of nitriles is 2. The zero-order chi connectivity index (χ0) is 11.1. The van der Waals surface area contributed by atoms with E-state index in [2.05, 4.69) is 0 Å². The summed E-state index contributed by atoms with van der Waals surface area (Å²) < 4.78 is 1.78. The van der Waals surface area contributed by atoms with E-state index in [-0.39, 0.29) is 5.57 Å². The molecule has 1 rings (SSSR count). The highest BCUT2D eigenvalue weighted by Crippen LogP contribution is 2.21. The van der Waals surface area contributed by atoms with Gasteiger partial charge in [0.2, 0.25) is 0 Å². The molecule has 1 aromatic carbocycles. The van der Waals surface area contributed by atoms with Gasteiger partial charge in [0, 0.05) is 12.5 Å². The van der Waals surface area contributed by atoms with E-state index in [1.165, 1.54) is 18.1 Å². The number of rotatable bonds is 3. The Morgan fingerprint density at radius 3 is 2.33 bits per heavy atom. The van der Waals surface area contributed by atoms with Crippen LogP contribution >= 0.6 is 11.9 Å². The fraction of sp³-hybridized carbons (Fsp3) is 0.0909. The van der Waals surface area contributed by atoms with Crippen molar-refractivity contribution in [2.75, 3.05) is 10.6 Å². The van der Waals surface area contributed by atoms with E-state index in [4.69, 9.17) is 10.5 Å². The molecule has 0 amide bonds. The van der Waals surface area contributed by atoms with Gasteiger partial charge in [0.15, 0.2) is 0 Å². The summed E-state index contributed by atoms with van der Waals surface area (Å²) in [6, 6.07) is 13.2. The molecule has 0 atom stereocenters. The van der Waals surface area contributed by atoms with Gasteiger partial charge in [-0.15, -0.1) is 0 Å². The molecule has 0 aliphatic rings. The molecule has 74 valence electrons. The standard InChI is InChI=1S/C11H9N3S/c1-15-14(9-10(7-12)8-13)11-5-3-2-4-6-11/h2-6,9H,1H3. The van der Waals surface area contributed by atoms with Gasteiger partial charge in [0.1, 0.15) is 17.7 Å². The van der Waals surface area contributed by atoms with Crippen molar-refractivity contribution in [3.63, 3.8) is 0 Å². The largest absolute Gasteiger partial charge is 0.290 e. The van der Waals surface area contributed by atoms with E-state index in [0.717, 1.165) is 5.69 Å². The number of allylic oxidation sites excluding steroid dienone is 1. The summed E-state index contributed by atoms with van der Waals surface area (Å²) in [6.07, 6.45) is 3.41. The lowest BCUT2D eigenvalue weighted by molar-refractivity contribution is 1.39. The number of hydrogen-bond donors (Lipinski definition) is 0. The fourth-order valence-electron chi connectivity index (χ4n) is 1.01. The zero-order valence-electron chi connectivity index (χ0n) is 8.21. The summed E-state index contributed by atoms with van der Waals surface area (Å²) >= 11 is 1.44. The molecule has 0 aliphatic carbocycles. The molecule has 4 heteroatoms. The minimum Gasteiger partial charge on any atom is -0.290 e. The van der Waals surface area contributed by atoms with E-state index in [1.807, 2.05) is 48.7 Å². The summed E-state index contributed by atoms with van der Waals surface area (Å²) in [5.74, 6) is 0. The second-order valence-electron chi connectivity index (χ2n) is 2.61. The Hall–Kier alpha value is -1.91. The van der Waals surface area contributed by atoms with Crippen LogP contribution in [0.2, 0.25) is 0 Å². The van der Waals surface area contributed by atoms with Crippen LogP contribution in [-0.4, -0.2) is 6.26 Å². The molecule has 0 spiro atoms. The van der Waals surface area contributed by atoms with Gasteiger partial charge >= 0.3 is 0 Å². The van der Waals surface area contributed by atoms with Gasteiger partial charge < -0.3 is 0 Å². The van der Waals surface area contributed by atoms with Crippen LogP contribution in [0.1, 0.15) is 0 Å². The smallest absolute Gasteiger partial charge is 0.146 e. The van der Waals surface area contributed by atoms with Crippen molar-refractivity contribution in [3.05, 3.63) is 42.1 Å². The van der Waals surface area contributed by atoms with Gasteiger partial charge in [-0.05, 0) is 24.1 Å². The zero-order valence-corrected chi connectivity index (χ0v) is 9.03. The minimum absolute atomic E-state index is 0.0909. The molecular formula is C11H9N3S. The van der Waals surface area contributed by atoms with Crippen LogP contribution in [0.15, 0.2) is 42.1 Å². The first-order chi connectivity index (χ1) is 7.31. The Morgan fingerprint density at radius 1 is 1.27 bits per heavy atom. The number of nitrogens with zero attached hydrogens (tertiary/aromatic N) is 3. The first-order valence-corrected chi connectivity index (χ1v) is 5.40. The third kappa shape index (κ3) is 3.05. The summed E-state index contributed by atoms with van der Waals surface area (Å²) in [5, 5.41) is 17.3. The molecule has 3 nitrogen and oxygen atoms in total. The molecule has 0 N–H and O–H groups in total. The maximum Gasteiger partial charge on any atom is 0.146 e. The Bertz CT molecular complexity index is 409. The lowest BCUT2D eigenvalue weighted by Gasteiger charge is -2.15. The second-order valence-corrected chi connectivity index (χ2v) is 3.37. The first-order valence-electron chi connectivity index (χ1n) is 4.22.